The number of nitrogens with zero attached hydrogens (tertiary/aromatic N) is 1. The van der Waals surface area contributed by atoms with Crippen LogP contribution in [-0.4, -0.2) is 25.2 Å². The normalized spacial score (nSPS) is 25.0. The van der Waals surface area contributed by atoms with E-state index in [1.54, 1.807) is 6.07 Å². The minimum absolute atomic E-state index is 0.108. The Labute approximate surface area is 109 Å². The maximum atomic E-state index is 13.7. The molecule has 1 fully saturated rings. The van der Waals surface area contributed by atoms with Crippen molar-refractivity contribution in [3.63, 3.8) is 0 Å². The van der Waals surface area contributed by atoms with Gasteiger partial charge in [0, 0.05) is 29.9 Å². The first-order valence-electron chi connectivity index (χ1n) is 6.81. The third-order valence-electron chi connectivity index (χ3n) is 4.06. The van der Waals surface area contributed by atoms with E-state index in [9.17, 15) is 4.39 Å². The fourth-order valence-corrected chi connectivity index (χ4v) is 2.60. The van der Waals surface area contributed by atoms with E-state index in [-0.39, 0.29) is 11.4 Å². The number of nitrogens with one attached hydrogen (secondary N) is 1. The Morgan fingerprint density at radius 1 is 1.44 bits per heavy atom. The lowest BCUT2D eigenvalue weighted by Crippen LogP contribution is -2.48. The molecule has 0 aliphatic carbocycles. The molecule has 0 bridgehead atoms. The summed E-state index contributed by atoms with van der Waals surface area (Å²) in [7, 11) is 0. The second-order valence-electron chi connectivity index (χ2n) is 5.50. The average Bonchev–Trinajstić information content (AvgIpc) is 2.56. The first kappa shape index (κ1) is 13.3. The number of hydrogen-bond donors (Lipinski definition) is 1. The van der Waals surface area contributed by atoms with Gasteiger partial charge < -0.3 is 10.2 Å². The Bertz CT molecular complexity index is 419. The van der Waals surface area contributed by atoms with E-state index in [0.717, 1.165) is 43.7 Å². The molecule has 1 aromatic carbocycles. The van der Waals surface area contributed by atoms with Crippen molar-refractivity contribution >= 4 is 5.69 Å². The minimum atomic E-state index is -0.108. The van der Waals surface area contributed by atoms with Crippen molar-refractivity contribution in [2.75, 3.05) is 24.5 Å². The Kier molecular flexibility index (Phi) is 3.91. The molecule has 0 radical (unpaired) electrons. The molecule has 0 aromatic heterocycles. The Morgan fingerprint density at radius 3 is 2.94 bits per heavy atom. The Morgan fingerprint density at radius 2 is 2.22 bits per heavy atom. The molecule has 0 spiro atoms. The summed E-state index contributed by atoms with van der Waals surface area (Å²) >= 11 is 0. The Balaban J connectivity index is 2.28. The molecule has 1 aromatic rings. The van der Waals surface area contributed by atoms with Gasteiger partial charge in [0.25, 0.3) is 0 Å². The monoisotopic (exact) mass is 250 g/mol. The van der Waals surface area contributed by atoms with Crippen LogP contribution in [0.5, 0.6) is 0 Å². The van der Waals surface area contributed by atoms with Gasteiger partial charge in [0.05, 0.1) is 0 Å². The van der Waals surface area contributed by atoms with Crippen molar-refractivity contribution < 1.29 is 4.39 Å². The number of hydrogen-bond acceptors (Lipinski definition) is 2. The zero-order valence-corrected chi connectivity index (χ0v) is 11.6. The van der Waals surface area contributed by atoms with Gasteiger partial charge in [0.1, 0.15) is 5.82 Å². The average molecular weight is 250 g/mol. The van der Waals surface area contributed by atoms with Crippen LogP contribution in [0.15, 0.2) is 18.2 Å². The molecule has 2 nitrogen and oxygen atoms in total. The highest BCUT2D eigenvalue weighted by molar-refractivity contribution is 5.54. The van der Waals surface area contributed by atoms with Crippen LogP contribution in [0.4, 0.5) is 10.1 Å². The topological polar surface area (TPSA) is 15.3 Å². The largest absolute Gasteiger partial charge is 0.369 e. The fraction of sp³-hybridized carbons (Fsp3) is 0.600. The summed E-state index contributed by atoms with van der Waals surface area (Å²) in [5.41, 5.74) is 1.92. The highest BCUT2D eigenvalue weighted by Gasteiger charge is 2.27. The van der Waals surface area contributed by atoms with Crippen LogP contribution >= 0.6 is 0 Å². The first-order chi connectivity index (χ1) is 8.56. The minimum Gasteiger partial charge on any atom is -0.369 e. The van der Waals surface area contributed by atoms with Crippen molar-refractivity contribution in [3.8, 4) is 0 Å². The van der Waals surface area contributed by atoms with Crippen LogP contribution in [0.3, 0.4) is 0 Å². The van der Waals surface area contributed by atoms with Crippen LogP contribution in [-0.2, 0) is 0 Å². The van der Waals surface area contributed by atoms with E-state index in [4.69, 9.17) is 0 Å². The van der Waals surface area contributed by atoms with Crippen LogP contribution in [0, 0.1) is 12.7 Å². The maximum absolute atomic E-state index is 13.7. The zero-order chi connectivity index (χ0) is 13.2. The van der Waals surface area contributed by atoms with E-state index < -0.39 is 0 Å². The number of anilines is 1. The van der Waals surface area contributed by atoms with Gasteiger partial charge in [-0.3, -0.25) is 0 Å². The lowest BCUT2D eigenvalue weighted by molar-refractivity contribution is 0.366. The van der Waals surface area contributed by atoms with E-state index in [1.165, 1.54) is 6.07 Å². The smallest absolute Gasteiger partial charge is 0.128 e. The van der Waals surface area contributed by atoms with E-state index >= 15 is 0 Å². The molecule has 100 valence electrons. The van der Waals surface area contributed by atoms with Gasteiger partial charge in [-0.15, -0.1) is 0 Å². The molecule has 0 amide bonds. The third kappa shape index (κ3) is 2.66. The van der Waals surface area contributed by atoms with Gasteiger partial charge in [-0.2, -0.15) is 0 Å². The zero-order valence-electron chi connectivity index (χ0n) is 11.6. The summed E-state index contributed by atoms with van der Waals surface area (Å²) in [6.45, 7) is 9.29. The molecule has 3 heteroatoms. The quantitative estimate of drug-likeness (QED) is 0.867. The van der Waals surface area contributed by atoms with Crippen LogP contribution in [0.2, 0.25) is 0 Å². The van der Waals surface area contributed by atoms with Gasteiger partial charge in [-0.05, 0) is 45.4 Å². The standard InChI is InChI=1S/C15H23FN2/c1-4-15(3)11-18(10-6-9-17-15)14-8-5-7-13(16)12(14)2/h5,7-8,17H,4,6,9-11H2,1-3H3. The van der Waals surface area contributed by atoms with Crippen molar-refractivity contribution in [1.29, 1.82) is 0 Å². The van der Waals surface area contributed by atoms with Gasteiger partial charge in [0.15, 0.2) is 0 Å². The van der Waals surface area contributed by atoms with Crippen molar-refractivity contribution in [3.05, 3.63) is 29.6 Å². The molecule has 1 unspecified atom stereocenters. The second kappa shape index (κ2) is 5.27. The first-order valence-corrected chi connectivity index (χ1v) is 6.81. The molecule has 1 aliphatic heterocycles. The summed E-state index contributed by atoms with van der Waals surface area (Å²) in [6.07, 6.45) is 2.18. The van der Waals surface area contributed by atoms with E-state index in [2.05, 4.69) is 24.1 Å². The molecule has 2 rings (SSSR count). The molecule has 1 saturated heterocycles. The molecule has 0 saturated carbocycles. The van der Waals surface area contributed by atoms with Gasteiger partial charge in [0.2, 0.25) is 0 Å². The van der Waals surface area contributed by atoms with Gasteiger partial charge >= 0.3 is 0 Å². The molecule has 1 heterocycles. The summed E-state index contributed by atoms with van der Waals surface area (Å²) in [5, 5.41) is 3.61. The maximum Gasteiger partial charge on any atom is 0.128 e. The second-order valence-corrected chi connectivity index (χ2v) is 5.50. The number of rotatable bonds is 2. The van der Waals surface area contributed by atoms with Crippen LogP contribution in [0.25, 0.3) is 0 Å². The summed E-state index contributed by atoms with van der Waals surface area (Å²) in [5.74, 6) is -0.108. The van der Waals surface area contributed by atoms with E-state index in [1.807, 2.05) is 13.0 Å². The van der Waals surface area contributed by atoms with Gasteiger partial charge in [-0.25, -0.2) is 4.39 Å². The van der Waals surface area contributed by atoms with Crippen molar-refractivity contribution in [2.24, 2.45) is 0 Å². The third-order valence-corrected chi connectivity index (χ3v) is 4.06. The lowest BCUT2D eigenvalue weighted by atomic mass is 9.98. The number of halogens is 1. The molecule has 1 atom stereocenters. The summed E-state index contributed by atoms with van der Waals surface area (Å²) in [6, 6.07) is 5.37. The van der Waals surface area contributed by atoms with Crippen LogP contribution < -0.4 is 10.2 Å². The Hall–Kier alpha value is -1.09. The predicted molar refractivity (Wildman–Crippen MR) is 74.7 cm³/mol. The van der Waals surface area contributed by atoms with Crippen molar-refractivity contribution in [2.45, 2.75) is 39.2 Å². The lowest BCUT2D eigenvalue weighted by Gasteiger charge is -2.34. The molecular formula is C15H23FN2. The molecule has 1 aliphatic rings. The van der Waals surface area contributed by atoms with Crippen LogP contribution in [0.1, 0.15) is 32.3 Å². The summed E-state index contributed by atoms with van der Waals surface area (Å²) in [4.78, 5) is 2.32. The summed E-state index contributed by atoms with van der Waals surface area (Å²) < 4.78 is 13.7. The highest BCUT2D eigenvalue weighted by Crippen LogP contribution is 2.26. The van der Waals surface area contributed by atoms with Crippen molar-refractivity contribution in [1.82, 2.24) is 5.32 Å². The molecular weight excluding hydrogens is 227 g/mol. The van der Waals surface area contributed by atoms with E-state index in [0.29, 0.717) is 0 Å². The van der Waals surface area contributed by atoms with Gasteiger partial charge in [-0.1, -0.05) is 13.0 Å². The molecule has 1 N–H and O–H groups in total. The fourth-order valence-electron chi connectivity index (χ4n) is 2.60. The SMILES string of the molecule is CCC1(C)CN(c2cccc(F)c2C)CCCN1. The highest BCUT2D eigenvalue weighted by atomic mass is 19.1. The predicted octanol–water partition coefficient (Wildman–Crippen LogP) is 3.10. The molecule has 18 heavy (non-hydrogen) atoms. The number of benzene rings is 1.